The maximum Gasteiger partial charge on any atom is 0.145 e. The fourth-order valence-corrected chi connectivity index (χ4v) is 2.43. The van der Waals surface area contributed by atoms with Gasteiger partial charge in [-0.3, -0.25) is 0 Å². The highest BCUT2D eigenvalue weighted by molar-refractivity contribution is 7.11. The first kappa shape index (κ1) is 12.0. The Morgan fingerprint density at radius 1 is 1.41 bits per heavy atom. The highest BCUT2D eigenvalue weighted by Crippen LogP contribution is 2.23. The Kier molecular flexibility index (Phi) is 3.73. The molecule has 2 aromatic heterocycles. The van der Waals surface area contributed by atoms with Crippen LogP contribution in [0.2, 0.25) is 0 Å². The maximum absolute atomic E-state index is 4.43. The first-order valence-corrected chi connectivity index (χ1v) is 6.65. The second kappa shape index (κ2) is 5.27. The fraction of sp³-hybridized carbons (Fsp3) is 0.545. The van der Waals surface area contributed by atoms with E-state index in [0.717, 1.165) is 23.8 Å². The first-order valence-electron chi connectivity index (χ1n) is 5.84. The van der Waals surface area contributed by atoms with Gasteiger partial charge in [-0.25, -0.2) is 9.67 Å². The van der Waals surface area contributed by atoms with Crippen LogP contribution in [-0.4, -0.2) is 20.0 Å². The molecule has 2 aromatic rings. The smallest absolute Gasteiger partial charge is 0.145 e. The number of thiazole rings is 1. The van der Waals surface area contributed by atoms with Crippen LogP contribution in [0.1, 0.15) is 36.7 Å². The Morgan fingerprint density at radius 2 is 2.24 bits per heavy atom. The van der Waals surface area contributed by atoms with E-state index in [1.807, 2.05) is 17.8 Å². The van der Waals surface area contributed by atoms with Crippen molar-refractivity contribution in [3.63, 3.8) is 0 Å². The minimum atomic E-state index is 0.184. The zero-order valence-corrected chi connectivity index (χ0v) is 11.2. The lowest BCUT2D eigenvalue weighted by molar-refractivity contribution is 0.626. The topological polar surface area (TPSA) is 55.6 Å². The van der Waals surface area contributed by atoms with Gasteiger partial charge in [0.15, 0.2) is 0 Å². The van der Waals surface area contributed by atoms with E-state index in [9.17, 15) is 0 Å². The van der Waals surface area contributed by atoms with Gasteiger partial charge < -0.3 is 5.32 Å². The third-order valence-electron chi connectivity index (χ3n) is 2.57. The fourth-order valence-electron chi connectivity index (χ4n) is 1.57. The summed E-state index contributed by atoms with van der Waals surface area (Å²) < 4.78 is 1.84. The number of nitrogens with zero attached hydrogens (tertiary/aromatic N) is 4. The molecule has 0 aliphatic carbocycles. The summed E-state index contributed by atoms with van der Waals surface area (Å²) in [5.74, 6) is 0.938. The molecule has 0 aromatic carbocycles. The number of anilines is 1. The molecule has 0 bridgehead atoms. The second-order valence-corrected chi connectivity index (χ2v) is 4.97. The van der Waals surface area contributed by atoms with Crippen LogP contribution in [-0.2, 0) is 13.0 Å². The summed E-state index contributed by atoms with van der Waals surface area (Å²) in [5.41, 5.74) is 0. The molecular formula is C11H17N5S. The molecule has 0 aliphatic rings. The molecule has 2 heterocycles. The van der Waals surface area contributed by atoms with Gasteiger partial charge in [-0.1, -0.05) is 12.1 Å². The third-order valence-corrected chi connectivity index (χ3v) is 3.90. The predicted molar refractivity (Wildman–Crippen MR) is 69.2 cm³/mol. The Morgan fingerprint density at radius 3 is 2.88 bits per heavy atom. The van der Waals surface area contributed by atoms with Gasteiger partial charge in [0.1, 0.15) is 10.8 Å². The van der Waals surface area contributed by atoms with Crippen molar-refractivity contribution in [1.29, 1.82) is 0 Å². The molecule has 1 unspecified atom stereocenters. The molecule has 0 amide bonds. The molecule has 5 nitrogen and oxygen atoms in total. The first-order chi connectivity index (χ1) is 8.24. The van der Waals surface area contributed by atoms with Gasteiger partial charge in [0.2, 0.25) is 0 Å². The number of rotatable bonds is 5. The second-order valence-electron chi connectivity index (χ2n) is 3.82. The summed E-state index contributed by atoms with van der Waals surface area (Å²) >= 11 is 1.75. The quantitative estimate of drug-likeness (QED) is 0.887. The largest absolute Gasteiger partial charge is 0.360 e. The van der Waals surface area contributed by atoms with Crippen LogP contribution < -0.4 is 5.32 Å². The van der Waals surface area contributed by atoms with Crippen LogP contribution in [0.5, 0.6) is 0 Å². The minimum Gasteiger partial charge on any atom is -0.360 e. The molecule has 1 atom stereocenters. The summed E-state index contributed by atoms with van der Waals surface area (Å²) in [5, 5.41) is 12.4. The summed E-state index contributed by atoms with van der Waals surface area (Å²) in [4.78, 5) is 5.74. The molecule has 0 spiro atoms. The zero-order chi connectivity index (χ0) is 12.3. The molecule has 92 valence electrons. The van der Waals surface area contributed by atoms with Gasteiger partial charge in [0.05, 0.1) is 12.2 Å². The summed E-state index contributed by atoms with van der Waals surface area (Å²) in [6.07, 6.45) is 4.74. The van der Waals surface area contributed by atoms with E-state index < -0.39 is 0 Å². The molecule has 1 N–H and O–H groups in total. The maximum atomic E-state index is 4.43. The summed E-state index contributed by atoms with van der Waals surface area (Å²) in [6, 6.07) is 0.184. The van der Waals surface area contributed by atoms with Crippen LogP contribution in [0.15, 0.2) is 12.4 Å². The van der Waals surface area contributed by atoms with Crippen molar-refractivity contribution < 1.29 is 0 Å². The molecule has 0 saturated carbocycles. The van der Waals surface area contributed by atoms with Crippen molar-refractivity contribution >= 4 is 17.2 Å². The molecule has 6 heteroatoms. The lowest BCUT2D eigenvalue weighted by atomic mass is 10.3. The van der Waals surface area contributed by atoms with Gasteiger partial charge in [-0.05, 0) is 20.3 Å². The summed E-state index contributed by atoms with van der Waals surface area (Å²) in [7, 11) is 0. The molecule has 0 fully saturated rings. The van der Waals surface area contributed by atoms with Crippen molar-refractivity contribution in [2.24, 2.45) is 0 Å². The normalized spacial score (nSPS) is 12.6. The summed E-state index contributed by atoms with van der Waals surface area (Å²) in [6.45, 7) is 7.10. The average molecular weight is 251 g/mol. The highest BCUT2D eigenvalue weighted by atomic mass is 32.1. The van der Waals surface area contributed by atoms with Gasteiger partial charge in [0, 0.05) is 17.6 Å². The van der Waals surface area contributed by atoms with E-state index >= 15 is 0 Å². The van der Waals surface area contributed by atoms with Crippen molar-refractivity contribution in [3.8, 4) is 0 Å². The Balaban J connectivity index is 2.08. The van der Waals surface area contributed by atoms with Gasteiger partial charge >= 0.3 is 0 Å². The van der Waals surface area contributed by atoms with E-state index in [2.05, 4.69) is 34.5 Å². The predicted octanol–water partition coefficient (Wildman–Crippen LogP) is 2.49. The van der Waals surface area contributed by atoms with E-state index in [1.165, 1.54) is 4.88 Å². The third kappa shape index (κ3) is 2.63. The number of hydrogen-bond donors (Lipinski definition) is 1. The van der Waals surface area contributed by atoms with E-state index in [4.69, 9.17) is 0 Å². The van der Waals surface area contributed by atoms with Crippen molar-refractivity contribution in [3.05, 3.63) is 22.3 Å². The van der Waals surface area contributed by atoms with E-state index in [1.54, 1.807) is 17.5 Å². The van der Waals surface area contributed by atoms with Gasteiger partial charge in [-0.15, -0.1) is 16.4 Å². The van der Waals surface area contributed by atoms with Crippen molar-refractivity contribution in [1.82, 2.24) is 20.0 Å². The van der Waals surface area contributed by atoms with Crippen LogP contribution in [0.4, 0.5) is 5.82 Å². The van der Waals surface area contributed by atoms with Crippen LogP contribution in [0.25, 0.3) is 0 Å². The highest BCUT2D eigenvalue weighted by Gasteiger charge is 2.12. The average Bonchev–Trinajstić information content (AvgIpc) is 2.96. The Bertz CT molecular complexity index is 476. The Hall–Kier alpha value is -1.43. The van der Waals surface area contributed by atoms with Crippen molar-refractivity contribution in [2.45, 2.75) is 39.8 Å². The molecule has 2 rings (SSSR count). The van der Waals surface area contributed by atoms with Crippen LogP contribution in [0, 0.1) is 0 Å². The lowest BCUT2D eigenvalue weighted by Gasteiger charge is -2.12. The number of aromatic nitrogens is 4. The van der Waals surface area contributed by atoms with E-state index in [0.29, 0.717) is 0 Å². The number of nitrogens with one attached hydrogen (secondary N) is 1. The van der Waals surface area contributed by atoms with E-state index in [-0.39, 0.29) is 6.04 Å². The molecular weight excluding hydrogens is 234 g/mol. The Labute approximate surface area is 105 Å². The van der Waals surface area contributed by atoms with Crippen molar-refractivity contribution in [2.75, 3.05) is 5.32 Å². The molecule has 0 saturated heterocycles. The molecule has 0 aliphatic heterocycles. The van der Waals surface area contributed by atoms with Crippen LogP contribution >= 0.6 is 11.3 Å². The number of hydrogen-bond acceptors (Lipinski definition) is 5. The monoisotopic (exact) mass is 251 g/mol. The standard InChI is InChI=1S/C11H17N5S/c1-4-9-6-12-11(17-9)8(3)14-10-7-13-15-16(10)5-2/h6-8,14H,4-5H2,1-3H3. The van der Waals surface area contributed by atoms with Gasteiger partial charge in [-0.2, -0.15) is 0 Å². The SMILES string of the molecule is CCc1cnc(C(C)Nc2cnnn2CC)s1. The zero-order valence-electron chi connectivity index (χ0n) is 10.3. The molecule has 17 heavy (non-hydrogen) atoms. The molecule has 0 radical (unpaired) electrons. The van der Waals surface area contributed by atoms with Gasteiger partial charge in [0.25, 0.3) is 0 Å². The lowest BCUT2D eigenvalue weighted by Crippen LogP contribution is -2.11. The minimum absolute atomic E-state index is 0.184. The number of aryl methyl sites for hydroxylation is 2. The van der Waals surface area contributed by atoms with Crippen LogP contribution in [0.3, 0.4) is 0 Å².